The van der Waals surface area contributed by atoms with Crippen molar-refractivity contribution in [3.05, 3.63) is 40.9 Å². The van der Waals surface area contributed by atoms with E-state index in [9.17, 15) is 0 Å². The van der Waals surface area contributed by atoms with Crippen LogP contribution in [0.1, 0.15) is 36.9 Å². The van der Waals surface area contributed by atoms with Crippen LogP contribution in [0.25, 0.3) is 10.6 Å². The quantitative estimate of drug-likeness (QED) is 0.915. The SMILES string of the molecule is NCCc1csc(-c2ccccc2CN2CCCCCC2)n1. The van der Waals surface area contributed by atoms with Crippen molar-refractivity contribution < 1.29 is 0 Å². The van der Waals surface area contributed by atoms with E-state index in [1.807, 2.05) is 0 Å². The summed E-state index contributed by atoms with van der Waals surface area (Å²) in [5, 5.41) is 3.28. The Labute approximate surface area is 137 Å². The van der Waals surface area contributed by atoms with Crippen molar-refractivity contribution in [1.82, 2.24) is 9.88 Å². The average molecular weight is 315 g/mol. The Kier molecular flexibility index (Phi) is 5.59. The Balaban J connectivity index is 1.79. The molecule has 118 valence electrons. The zero-order chi connectivity index (χ0) is 15.2. The molecule has 1 aliphatic heterocycles. The summed E-state index contributed by atoms with van der Waals surface area (Å²) in [7, 11) is 0. The lowest BCUT2D eigenvalue weighted by molar-refractivity contribution is 0.277. The predicted octanol–water partition coefficient (Wildman–Crippen LogP) is 3.69. The second-order valence-corrected chi connectivity index (χ2v) is 6.89. The van der Waals surface area contributed by atoms with E-state index in [-0.39, 0.29) is 0 Å². The second-order valence-electron chi connectivity index (χ2n) is 6.03. The van der Waals surface area contributed by atoms with Crippen LogP contribution in [-0.2, 0) is 13.0 Å². The molecule has 0 amide bonds. The summed E-state index contributed by atoms with van der Waals surface area (Å²) in [5.74, 6) is 0. The van der Waals surface area contributed by atoms with E-state index in [1.54, 1.807) is 11.3 Å². The molecule has 1 aromatic heterocycles. The fourth-order valence-electron chi connectivity index (χ4n) is 3.10. The van der Waals surface area contributed by atoms with Crippen molar-refractivity contribution in [2.45, 2.75) is 38.6 Å². The van der Waals surface area contributed by atoms with Gasteiger partial charge in [0, 0.05) is 23.9 Å². The van der Waals surface area contributed by atoms with Gasteiger partial charge in [0.25, 0.3) is 0 Å². The van der Waals surface area contributed by atoms with Gasteiger partial charge in [0.15, 0.2) is 0 Å². The Morgan fingerprint density at radius 2 is 1.86 bits per heavy atom. The van der Waals surface area contributed by atoms with Gasteiger partial charge >= 0.3 is 0 Å². The highest BCUT2D eigenvalue weighted by Crippen LogP contribution is 2.28. The molecule has 2 N–H and O–H groups in total. The van der Waals surface area contributed by atoms with E-state index in [4.69, 9.17) is 10.7 Å². The maximum Gasteiger partial charge on any atom is 0.123 e. The molecule has 3 rings (SSSR count). The summed E-state index contributed by atoms with van der Waals surface area (Å²) in [5.41, 5.74) is 9.45. The molecule has 2 heterocycles. The van der Waals surface area contributed by atoms with Crippen molar-refractivity contribution in [3.8, 4) is 10.6 Å². The molecule has 4 heteroatoms. The number of aromatic nitrogens is 1. The van der Waals surface area contributed by atoms with Gasteiger partial charge in [-0.2, -0.15) is 0 Å². The molecule has 1 aromatic carbocycles. The van der Waals surface area contributed by atoms with Crippen molar-refractivity contribution in [3.63, 3.8) is 0 Å². The van der Waals surface area contributed by atoms with Crippen molar-refractivity contribution >= 4 is 11.3 Å². The lowest BCUT2D eigenvalue weighted by Crippen LogP contribution is -2.24. The molecule has 0 bridgehead atoms. The van der Waals surface area contributed by atoms with E-state index in [1.165, 1.54) is 49.9 Å². The van der Waals surface area contributed by atoms with E-state index in [0.29, 0.717) is 6.54 Å². The van der Waals surface area contributed by atoms with Crippen LogP contribution in [-0.4, -0.2) is 29.5 Å². The van der Waals surface area contributed by atoms with Gasteiger partial charge in [-0.05, 0) is 38.0 Å². The van der Waals surface area contributed by atoms with Gasteiger partial charge in [-0.1, -0.05) is 37.1 Å². The van der Waals surface area contributed by atoms with Gasteiger partial charge < -0.3 is 5.73 Å². The standard InChI is InChI=1S/C18H25N3S/c19-10-9-16-14-22-18(20-16)17-8-4-3-7-15(17)13-21-11-5-1-2-6-12-21/h3-4,7-8,14H,1-2,5-6,9-13,19H2. The van der Waals surface area contributed by atoms with E-state index < -0.39 is 0 Å². The smallest absolute Gasteiger partial charge is 0.123 e. The number of thiazole rings is 1. The molecular formula is C18H25N3S. The minimum Gasteiger partial charge on any atom is -0.330 e. The molecule has 0 saturated carbocycles. The van der Waals surface area contributed by atoms with Gasteiger partial charge in [0.05, 0.1) is 5.69 Å². The van der Waals surface area contributed by atoms with Gasteiger partial charge in [0.1, 0.15) is 5.01 Å². The van der Waals surface area contributed by atoms with Crippen LogP contribution in [0.5, 0.6) is 0 Å². The first-order valence-corrected chi connectivity index (χ1v) is 9.20. The normalized spacial score (nSPS) is 16.6. The summed E-state index contributed by atoms with van der Waals surface area (Å²) in [6, 6.07) is 8.72. The molecule has 1 saturated heterocycles. The Hall–Kier alpha value is -1.23. The Bertz CT molecular complexity index is 586. The van der Waals surface area contributed by atoms with Gasteiger partial charge in [-0.25, -0.2) is 4.98 Å². The van der Waals surface area contributed by atoms with Gasteiger partial charge in [-0.3, -0.25) is 4.90 Å². The fraction of sp³-hybridized carbons (Fsp3) is 0.500. The molecule has 0 radical (unpaired) electrons. The number of hydrogen-bond donors (Lipinski definition) is 1. The highest BCUT2D eigenvalue weighted by Gasteiger charge is 2.14. The van der Waals surface area contributed by atoms with Crippen LogP contribution >= 0.6 is 11.3 Å². The van der Waals surface area contributed by atoms with Crippen LogP contribution in [0.2, 0.25) is 0 Å². The molecular weight excluding hydrogens is 290 g/mol. The van der Waals surface area contributed by atoms with Crippen LogP contribution in [0.4, 0.5) is 0 Å². The molecule has 0 atom stereocenters. The summed E-state index contributed by atoms with van der Waals surface area (Å²) in [4.78, 5) is 7.36. The van der Waals surface area contributed by atoms with Gasteiger partial charge in [0.2, 0.25) is 0 Å². The molecule has 22 heavy (non-hydrogen) atoms. The molecule has 0 unspecified atom stereocenters. The first-order valence-electron chi connectivity index (χ1n) is 8.32. The van der Waals surface area contributed by atoms with Crippen LogP contribution < -0.4 is 5.73 Å². The number of benzene rings is 1. The molecule has 0 aliphatic carbocycles. The van der Waals surface area contributed by atoms with E-state index in [0.717, 1.165) is 23.7 Å². The number of rotatable bonds is 5. The highest BCUT2D eigenvalue weighted by atomic mass is 32.1. The van der Waals surface area contributed by atoms with E-state index >= 15 is 0 Å². The first kappa shape index (κ1) is 15.7. The predicted molar refractivity (Wildman–Crippen MR) is 94.1 cm³/mol. The van der Waals surface area contributed by atoms with Crippen molar-refractivity contribution in [2.24, 2.45) is 5.73 Å². The van der Waals surface area contributed by atoms with Gasteiger partial charge in [-0.15, -0.1) is 11.3 Å². The fourth-order valence-corrected chi connectivity index (χ4v) is 4.01. The van der Waals surface area contributed by atoms with Crippen molar-refractivity contribution in [1.29, 1.82) is 0 Å². The number of likely N-dealkylation sites (tertiary alicyclic amines) is 1. The second kappa shape index (κ2) is 7.86. The zero-order valence-electron chi connectivity index (χ0n) is 13.1. The largest absolute Gasteiger partial charge is 0.330 e. The molecule has 2 aromatic rings. The Morgan fingerprint density at radius 1 is 1.09 bits per heavy atom. The molecule has 1 aliphatic rings. The third kappa shape index (κ3) is 3.94. The summed E-state index contributed by atoms with van der Waals surface area (Å²) in [6.07, 6.45) is 6.30. The number of nitrogens with two attached hydrogens (primary N) is 1. The highest BCUT2D eigenvalue weighted by molar-refractivity contribution is 7.13. The molecule has 3 nitrogen and oxygen atoms in total. The molecule has 1 fully saturated rings. The maximum atomic E-state index is 5.63. The number of nitrogens with zero attached hydrogens (tertiary/aromatic N) is 2. The monoisotopic (exact) mass is 315 g/mol. The first-order chi connectivity index (χ1) is 10.9. The average Bonchev–Trinajstić information content (AvgIpc) is 2.84. The summed E-state index contributed by atoms with van der Waals surface area (Å²) >= 11 is 1.74. The van der Waals surface area contributed by atoms with Crippen LogP contribution in [0.15, 0.2) is 29.6 Å². The third-order valence-electron chi connectivity index (χ3n) is 4.29. The molecule has 0 spiro atoms. The lowest BCUT2D eigenvalue weighted by Gasteiger charge is -2.21. The summed E-state index contributed by atoms with van der Waals surface area (Å²) < 4.78 is 0. The third-order valence-corrected chi connectivity index (χ3v) is 5.22. The topological polar surface area (TPSA) is 42.1 Å². The van der Waals surface area contributed by atoms with Crippen LogP contribution in [0, 0.1) is 0 Å². The lowest BCUT2D eigenvalue weighted by atomic mass is 10.1. The minimum atomic E-state index is 0.665. The number of hydrogen-bond acceptors (Lipinski definition) is 4. The Morgan fingerprint density at radius 3 is 2.64 bits per heavy atom. The minimum absolute atomic E-state index is 0.665. The zero-order valence-corrected chi connectivity index (χ0v) is 13.9. The van der Waals surface area contributed by atoms with Crippen molar-refractivity contribution in [2.75, 3.05) is 19.6 Å². The maximum absolute atomic E-state index is 5.63. The summed E-state index contributed by atoms with van der Waals surface area (Å²) in [6.45, 7) is 4.16. The van der Waals surface area contributed by atoms with Crippen LogP contribution in [0.3, 0.4) is 0 Å². The van der Waals surface area contributed by atoms with E-state index in [2.05, 4.69) is 34.5 Å².